The van der Waals surface area contributed by atoms with E-state index in [0.29, 0.717) is 18.2 Å². The van der Waals surface area contributed by atoms with Gasteiger partial charge in [-0.15, -0.1) is 0 Å². The van der Waals surface area contributed by atoms with Crippen molar-refractivity contribution in [2.45, 2.75) is 13.5 Å². The fraction of sp³-hybridized carbons (Fsp3) is 0.167. The average molecular weight is 294 g/mol. The van der Waals surface area contributed by atoms with Gasteiger partial charge >= 0.3 is 0 Å². The first-order valence-corrected chi connectivity index (χ1v) is 5.93. The molecule has 0 amide bonds. The van der Waals surface area contributed by atoms with Crippen LogP contribution in [-0.2, 0) is 6.54 Å². The summed E-state index contributed by atoms with van der Waals surface area (Å²) in [7, 11) is 0. The summed E-state index contributed by atoms with van der Waals surface area (Å²) >= 11 is 3.34. The summed E-state index contributed by atoms with van der Waals surface area (Å²) in [6.07, 6.45) is 3.33. The molecule has 0 fully saturated rings. The molecule has 17 heavy (non-hydrogen) atoms. The van der Waals surface area contributed by atoms with E-state index in [9.17, 15) is 0 Å². The van der Waals surface area contributed by atoms with Crippen molar-refractivity contribution in [2.75, 3.05) is 0 Å². The molecule has 0 unspecified atom stereocenters. The molecule has 0 aliphatic rings. The maximum atomic E-state index is 5.68. The Morgan fingerprint density at radius 2 is 2.18 bits per heavy atom. The molecule has 0 aliphatic carbocycles. The minimum Gasteiger partial charge on any atom is -0.437 e. The van der Waals surface area contributed by atoms with Gasteiger partial charge in [0.15, 0.2) is 0 Å². The number of ether oxygens (including phenoxy) is 1. The van der Waals surface area contributed by atoms with Gasteiger partial charge in [-0.25, -0.2) is 4.98 Å². The van der Waals surface area contributed by atoms with E-state index in [4.69, 9.17) is 10.5 Å². The van der Waals surface area contributed by atoms with Crippen LogP contribution in [-0.4, -0.2) is 9.97 Å². The molecule has 0 aliphatic heterocycles. The summed E-state index contributed by atoms with van der Waals surface area (Å²) in [5.41, 5.74) is 7.40. The Balaban J connectivity index is 2.32. The van der Waals surface area contributed by atoms with Crippen molar-refractivity contribution < 1.29 is 4.74 Å². The van der Waals surface area contributed by atoms with E-state index in [1.165, 1.54) is 0 Å². The highest BCUT2D eigenvalue weighted by molar-refractivity contribution is 9.10. The molecular weight excluding hydrogens is 282 g/mol. The molecule has 5 heteroatoms. The number of nitrogens with zero attached hydrogens (tertiary/aromatic N) is 2. The third-order valence-electron chi connectivity index (χ3n) is 2.19. The van der Waals surface area contributed by atoms with Gasteiger partial charge < -0.3 is 10.5 Å². The van der Waals surface area contributed by atoms with Crippen LogP contribution in [0.15, 0.2) is 35.1 Å². The van der Waals surface area contributed by atoms with Crippen molar-refractivity contribution in [3.05, 3.63) is 46.3 Å². The maximum absolute atomic E-state index is 5.68. The zero-order valence-corrected chi connectivity index (χ0v) is 10.9. The van der Waals surface area contributed by atoms with Crippen LogP contribution in [0.5, 0.6) is 11.6 Å². The molecule has 0 aromatic carbocycles. The van der Waals surface area contributed by atoms with Crippen LogP contribution in [0.3, 0.4) is 0 Å². The number of nitrogens with two attached hydrogens (primary N) is 1. The number of rotatable bonds is 3. The first kappa shape index (κ1) is 12.0. The van der Waals surface area contributed by atoms with Crippen LogP contribution in [0, 0.1) is 6.92 Å². The summed E-state index contributed by atoms with van der Waals surface area (Å²) in [5, 5.41) is 0. The van der Waals surface area contributed by atoms with Gasteiger partial charge in [0.2, 0.25) is 5.88 Å². The summed E-state index contributed by atoms with van der Waals surface area (Å²) in [4.78, 5) is 8.35. The van der Waals surface area contributed by atoms with Gasteiger partial charge in [-0.1, -0.05) is 6.07 Å². The van der Waals surface area contributed by atoms with Crippen molar-refractivity contribution in [2.24, 2.45) is 5.73 Å². The summed E-state index contributed by atoms with van der Waals surface area (Å²) in [5.74, 6) is 1.17. The molecule has 0 spiro atoms. The number of hydrogen-bond donors (Lipinski definition) is 1. The zero-order chi connectivity index (χ0) is 12.3. The molecule has 0 saturated heterocycles. The SMILES string of the molecule is Cc1ccc(CN)c(Oc2cncc(Br)c2)n1. The predicted molar refractivity (Wildman–Crippen MR) is 68.9 cm³/mol. The summed E-state index contributed by atoms with van der Waals surface area (Å²) < 4.78 is 6.54. The lowest BCUT2D eigenvalue weighted by molar-refractivity contribution is 0.452. The van der Waals surface area contributed by atoms with E-state index in [2.05, 4.69) is 25.9 Å². The van der Waals surface area contributed by atoms with Gasteiger partial charge in [0, 0.05) is 28.5 Å². The molecule has 88 valence electrons. The molecule has 0 saturated carbocycles. The third kappa shape index (κ3) is 3.01. The van der Waals surface area contributed by atoms with Crippen molar-refractivity contribution in [1.29, 1.82) is 0 Å². The van der Waals surface area contributed by atoms with Gasteiger partial charge in [0.1, 0.15) is 5.75 Å². The Hall–Kier alpha value is -1.46. The van der Waals surface area contributed by atoms with Crippen LogP contribution in [0.2, 0.25) is 0 Å². The number of aromatic nitrogens is 2. The largest absolute Gasteiger partial charge is 0.437 e. The molecule has 0 bridgehead atoms. The Morgan fingerprint density at radius 1 is 1.35 bits per heavy atom. The quantitative estimate of drug-likeness (QED) is 0.945. The second-order valence-corrected chi connectivity index (χ2v) is 4.48. The fourth-order valence-electron chi connectivity index (χ4n) is 1.37. The Kier molecular flexibility index (Phi) is 3.71. The fourth-order valence-corrected chi connectivity index (χ4v) is 1.71. The van der Waals surface area contributed by atoms with Gasteiger partial charge in [0.05, 0.1) is 6.20 Å². The molecule has 0 atom stereocenters. The molecule has 2 heterocycles. The van der Waals surface area contributed by atoms with E-state index < -0.39 is 0 Å². The maximum Gasteiger partial charge on any atom is 0.224 e. The number of hydrogen-bond acceptors (Lipinski definition) is 4. The van der Waals surface area contributed by atoms with Gasteiger partial charge in [-0.3, -0.25) is 4.98 Å². The number of pyridine rings is 2. The van der Waals surface area contributed by atoms with Crippen LogP contribution in [0.25, 0.3) is 0 Å². The number of halogens is 1. The normalized spacial score (nSPS) is 10.3. The van der Waals surface area contributed by atoms with Gasteiger partial charge in [-0.2, -0.15) is 0 Å². The second kappa shape index (κ2) is 5.25. The highest BCUT2D eigenvalue weighted by Crippen LogP contribution is 2.24. The molecular formula is C12H12BrN3O. The van der Waals surface area contributed by atoms with Crippen molar-refractivity contribution in [3.63, 3.8) is 0 Å². The first-order chi connectivity index (χ1) is 8.19. The molecule has 2 rings (SSSR count). The van der Waals surface area contributed by atoms with Gasteiger partial charge in [-0.05, 0) is 35.0 Å². The molecule has 4 nitrogen and oxygen atoms in total. The standard InChI is InChI=1S/C12H12BrN3O/c1-8-2-3-9(5-14)12(16-8)17-11-4-10(13)6-15-7-11/h2-4,6-7H,5,14H2,1H3. The van der Waals surface area contributed by atoms with E-state index in [0.717, 1.165) is 15.7 Å². The molecule has 0 radical (unpaired) electrons. The van der Waals surface area contributed by atoms with E-state index >= 15 is 0 Å². The van der Waals surface area contributed by atoms with Crippen molar-refractivity contribution in [1.82, 2.24) is 9.97 Å². The van der Waals surface area contributed by atoms with Crippen LogP contribution >= 0.6 is 15.9 Å². The smallest absolute Gasteiger partial charge is 0.224 e. The monoisotopic (exact) mass is 293 g/mol. The van der Waals surface area contributed by atoms with E-state index in [-0.39, 0.29) is 0 Å². The topological polar surface area (TPSA) is 61.0 Å². The average Bonchev–Trinajstić information content (AvgIpc) is 2.29. The Morgan fingerprint density at radius 3 is 2.88 bits per heavy atom. The minimum absolute atomic E-state index is 0.393. The third-order valence-corrected chi connectivity index (χ3v) is 2.63. The lowest BCUT2D eigenvalue weighted by Crippen LogP contribution is -2.02. The van der Waals surface area contributed by atoms with Crippen molar-refractivity contribution in [3.8, 4) is 11.6 Å². The van der Waals surface area contributed by atoms with E-state index in [1.54, 1.807) is 12.4 Å². The second-order valence-electron chi connectivity index (χ2n) is 3.56. The lowest BCUT2D eigenvalue weighted by Gasteiger charge is -2.09. The molecule has 2 aromatic heterocycles. The molecule has 2 aromatic rings. The van der Waals surface area contributed by atoms with Crippen LogP contribution in [0.1, 0.15) is 11.3 Å². The highest BCUT2D eigenvalue weighted by Gasteiger charge is 2.06. The van der Waals surface area contributed by atoms with Crippen molar-refractivity contribution >= 4 is 15.9 Å². The first-order valence-electron chi connectivity index (χ1n) is 5.14. The van der Waals surface area contributed by atoms with Crippen LogP contribution in [0.4, 0.5) is 0 Å². The lowest BCUT2D eigenvalue weighted by atomic mass is 10.2. The Bertz CT molecular complexity index is 531. The van der Waals surface area contributed by atoms with E-state index in [1.807, 2.05) is 25.1 Å². The van der Waals surface area contributed by atoms with Gasteiger partial charge in [0.25, 0.3) is 0 Å². The highest BCUT2D eigenvalue weighted by atomic mass is 79.9. The summed E-state index contributed by atoms with van der Waals surface area (Å²) in [6, 6.07) is 5.66. The predicted octanol–water partition coefficient (Wildman–Crippen LogP) is 2.80. The minimum atomic E-state index is 0.393. The molecule has 2 N–H and O–H groups in total. The number of aryl methyl sites for hydroxylation is 1. The summed E-state index contributed by atoms with van der Waals surface area (Å²) in [6.45, 7) is 2.30. The van der Waals surface area contributed by atoms with Crippen LogP contribution < -0.4 is 10.5 Å². The zero-order valence-electron chi connectivity index (χ0n) is 9.35. The Labute approximate surface area is 108 Å².